The first-order valence-electron chi connectivity index (χ1n) is 8.22. The fourth-order valence-electron chi connectivity index (χ4n) is 2.80. The number of allylic oxidation sites excluding steroid dienone is 1. The fourth-order valence-corrected chi connectivity index (χ4v) is 3.73. The van der Waals surface area contributed by atoms with Crippen molar-refractivity contribution in [2.24, 2.45) is 0 Å². The van der Waals surface area contributed by atoms with Crippen LogP contribution in [0.3, 0.4) is 0 Å². The van der Waals surface area contributed by atoms with Crippen molar-refractivity contribution in [3.63, 3.8) is 0 Å². The SMILES string of the molecule is Cc1csc(/C(C#N)=C/Nc2cc(Cl)ccc2N2CC[NH+](C)CC2)n1. The van der Waals surface area contributed by atoms with Gasteiger partial charge in [0.05, 0.1) is 44.6 Å². The number of benzene rings is 1. The van der Waals surface area contributed by atoms with E-state index >= 15 is 0 Å². The molecular formula is C18H21ClN5S+. The van der Waals surface area contributed by atoms with Gasteiger partial charge in [0.25, 0.3) is 0 Å². The first-order chi connectivity index (χ1) is 12.1. The van der Waals surface area contributed by atoms with Crippen LogP contribution in [-0.2, 0) is 0 Å². The van der Waals surface area contributed by atoms with Crippen molar-refractivity contribution in [2.75, 3.05) is 43.4 Å². The lowest BCUT2D eigenvalue weighted by Crippen LogP contribution is -3.12. The van der Waals surface area contributed by atoms with Crippen molar-refractivity contribution < 1.29 is 4.90 Å². The first kappa shape index (κ1) is 17.7. The summed E-state index contributed by atoms with van der Waals surface area (Å²) in [5.74, 6) is 0. The maximum Gasteiger partial charge on any atom is 0.135 e. The molecule has 3 rings (SSSR count). The number of quaternary nitrogens is 1. The predicted molar refractivity (Wildman–Crippen MR) is 104 cm³/mol. The van der Waals surface area contributed by atoms with Gasteiger partial charge in [0, 0.05) is 22.3 Å². The van der Waals surface area contributed by atoms with Crippen LogP contribution in [0.2, 0.25) is 5.02 Å². The molecule has 2 N–H and O–H groups in total. The van der Waals surface area contributed by atoms with Crippen LogP contribution in [0.4, 0.5) is 11.4 Å². The van der Waals surface area contributed by atoms with E-state index in [2.05, 4.69) is 28.3 Å². The van der Waals surface area contributed by atoms with Gasteiger partial charge >= 0.3 is 0 Å². The van der Waals surface area contributed by atoms with Crippen molar-refractivity contribution in [3.05, 3.63) is 45.5 Å². The molecule has 0 radical (unpaired) electrons. The Morgan fingerprint density at radius 1 is 1.44 bits per heavy atom. The second kappa shape index (κ2) is 7.87. The second-order valence-electron chi connectivity index (χ2n) is 6.21. The second-order valence-corrected chi connectivity index (χ2v) is 7.51. The van der Waals surface area contributed by atoms with E-state index in [0.717, 1.165) is 48.3 Å². The Hall–Kier alpha value is -2.07. The minimum Gasteiger partial charge on any atom is -0.359 e. The van der Waals surface area contributed by atoms with Crippen LogP contribution in [0.1, 0.15) is 10.7 Å². The molecule has 7 heteroatoms. The van der Waals surface area contributed by atoms with E-state index in [1.54, 1.807) is 11.1 Å². The van der Waals surface area contributed by atoms with E-state index < -0.39 is 0 Å². The molecule has 1 saturated heterocycles. The molecule has 0 aliphatic carbocycles. The summed E-state index contributed by atoms with van der Waals surface area (Å²) in [4.78, 5) is 8.29. The van der Waals surface area contributed by atoms with Crippen LogP contribution < -0.4 is 15.1 Å². The Balaban J connectivity index is 1.85. The van der Waals surface area contributed by atoms with Gasteiger partial charge in [-0.25, -0.2) is 4.98 Å². The number of thiazole rings is 1. The quantitative estimate of drug-likeness (QED) is 0.807. The Morgan fingerprint density at radius 3 is 2.84 bits per heavy atom. The molecule has 25 heavy (non-hydrogen) atoms. The molecule has 1 fully saturated rings. The zero-order valence-electron chi connectivity index (χ0n) is 14.3. The summed E-state index contributed by atoms with van der Waals surface area (Å²) in [6, 6.07) is 8.07. The van der Waals surface area contributed by atoms with Gasteiger partial charge in [0.1, 0.15) is 16.6 Å². The van der Waals surface area contributed by atoms with Crippen LogP contribution in [-0.4, -0.2) is 38.2 Å². The number of aromatic nitrogens is 1. The Labute approximate surface area is 157 Å². The third-order valence-electron chi connectivity index (χ3n) is 4.26. The zero-order valence-corrected chi connectivity index (χ0v) is 15.9. The van der Waals surface area contributed by atoms with E-state index in [9.17, 15) is 5.26 Å². The molecular weight excluding hydrogens is 354 g/mol. The summed E-state index contributed by atoms with van der Waals surface area (Å²) >= 11 is 7.66. The highest BCUT2D eigenvalue weighted by Gasteiger charge is 2.19. The number of rotatable bonds is 4. The van der Waals surface area contributed by atoms with Gasteiger partial charge in [-0.05, 0) is 25.1 Å². The highest BCUT2D eigenvalue weighted by molar-refractivity contribution is 7.10. The van der Waals surface area contributed by atoms with Crippen molar-refractivity contribution in [2.45, 2.75) is 6.92 Å². The van der Waals surface area contributed by atoms with Gasteiger partial charge < -0.3 is 15.1 Å². The lowest BCUT2D eigenvalue weighted by molar-refractivity contribution is -0.880. The van der Waals surface area contributed by atoms with Crippen LogP contribution in [0.15, 0.2) is 29.8 Å². The maximum absolute atomic E-state index is 9.44. The molecule has 2 heterocycles. The molecule has 1 aromatic heterocycles. The van der Waals surface area contributed by atoms with E-state index in [0.29, 0.717) is 10.6 Å². The number of aryl methyl sites for hydroxylation is 1. The van der Waals surface area contributed by atoms with Gasteiger partial charge in [-0.2, -0.15) is 5.26 Å². The van der Waals surface area contributed by atoms with Crippen molar-refractivity contribution in [1.29, 1.82) is 5.26 Å². The maximum atomic E-state index is 9.44. The zero-order chi connectivity index (χ0) is 17.8. The molecule has 0 saturated carbocycles. The summed E-state index contributed by atoms with van der Waals surface area (Å²) in [5.41, 5.74) is 3.46. The Bertz CT molecular complexity index is 815. The summed E-state index contributed by atoms with van der Waals surface area (Å²) in [6.07, 6.45) is 1.72. The molecule has 130 valence electrons. The molecule has 0 spiro atoms. The highest BCUT2D eigenvalue weighted by Crippen LogP contribution is 2.30. The highest BCUT2D eigenvalue weighted by atomic mass is 35.5. The summed E-state index contributed by atoms with van der Waals surface area (Å²) < 4.78 is 0. The van der Waals surface area contributed by atoms with Crippen LogP contribution in [0, 0.1) is 18.3 Å². The number of nitriles is 1. The average molecular weight is 375 g/mol. The number of likely N-dealkylation sites (N-methyl/N-ethyl adjacent to an activating group) is 1. The lowest BCUT2D eigenvalue weighted by atomic mass is 10.2. The first-order valence-corrected chi connectivity index (χ1v) is 9.47. The minimum absolute atomic E-state index is 0.520. The third kappa shape index (κ3) is 4.31. The largest absolute Gasteiger partial charge is 0.359 e. The number of hydrogen-bond acceptors (Lipinski definition) is 5. The molecule has 0 atom stereocenters. The third-order valence-corrected chi connectivity index (χ3v) is 5.49. The van der Waals surface area contributed by atoms with Crippen molar-refractivity contribution in [3.8, 4) is 6.07 Å². The average Bonchev–Trinajstić information content (AvgIpc) is 3.03. The number of hydrogen-bond donors (Lipinski definition) is 2. The van der Waals surface area contributed by atoms with Gasteiger partial charge in [-0.15, -0.1) is 11.3 Å². The number of halogens is 1. The number of piperazine rings is 1. The van der Waals surface area contributed by atoms with Gasteiger partial charge in [0.15, 0.2) is 0 Å². The fraction of sp³-hybridized carbons (Fsp3) is 0.333. The van der Waals surface area contributed by atoms with E-state index in [1.165, 1.54) is 11.3 Å². The Kier molecular flexibility index (Phi) is 5.59. The molecule has 2 aromatic rings. The van der Waals surface area contributed by atoms with Crippen LogP contribution >= 0.6 is 22.9 Å². The van der Waals surface area contributed by atoms with Crippen LogP contribution in [0.5, 0.6) is 0 Å². The summed E-state index contributed by atoms with van der Waals surface area (Å²) in [6.45, 7) is 6.15. The molecule has 1 aliphatic rings. The molecule has 1 aromatic carbocycles. The summed E-state index contributed by atoms with van der Waals surface area (Å²) in [5, 5.41) is 16.0. The van der Waals surface area contributed by atoms with E-state index in [1.807, 2.05) is 30.5 Å². The molecule has 0 amide bonds. The molecule has 0 bridgehead atoms. The van der Waals surface area contributed by atoms with E-state index in [-0.39, 0.29) is 0 Å². The monoisotopic (exact) mass is 374 g/mol. The van der Waals surface area contributed by atoms with Gasteiger partial charge in [-0.1, -0.05) is 11.6 Å². The molecule has 1 aliphatic heterocycles. The molecule has 5 nitrogen and oxygen atoms in total. The van der Waals surface area contributed by atoms with Gasteiger partial charge in [0.2, 0.25) is 0 Å². The lowest BCUT2D eigenvalue weighted by Gasteiger charge is -2.33. The summed E-state index contributed by atoms with van der Waals surface area (Å²) in [7, 11) is 2.22. The molecule has 0 unspecified atom stereocenters. The van der Waals surface area contributed by atoms with Crippen molar-refractivity contribution in [1.82, 2.24) is 4.98 Å². The predicted octanol–water partition coefficient (Wildman–Crippen LogP) is 2.42. The minimum atomic E-state index is 0.520. The van der Waals surface area contributed by atoms with Crippen molar-refractivity contribution >= 4 is 39.9 Å². The van der Waals surface area contributed by atoms with Crippen LogP contribution in [0.25, 0.3) is 5.57 Å². The Morgan fingerprint density at radius 2 is 2.20 bits per heavy atom. The van der Waals surface area contributed by atoms with E-state index in [4.69, 9.17) is 11.6 Å². The number of nitrogens with one attached hydrogen (secondary N) is 2. The smallest absolute Gasteiger partial charge is 0.135 e. The number of nitrogens with zero attached hydrogens (tertiary/aromatic N) is 3. The van der Waals surface area contributed by atoms with Gasteiger partial charge in [-0.3, -0.25) is 0 Å². The topological polar surface area (TPSA) is 56.4 Å². The normalized spacial score (nSPS) is 15.9. The number of anilines is 2. The standard InChI is InChI=1S/C18H20ClN5S/c1-13-12-25-18(22-13)14(10-20)11-21-16-9-15(19)3-4-17(16)24-7-5-23(2)6-8-24/h3-4,9,11-12,21H,5-8H2,1-2H3/p+1/b14-11+.